The summed E-state index contributed by atoms with van der Waals surface area (Å²) in [5.41, 5.74) is 0.467. The van der Waals surface area contributed by atoms with Gasteiger partial charge in [0.15, 0.2) is 0 Å². The molecule has 2 fully saturated rings. The molecule has 0 bridgehead atoms. The van der Waals surface area contributed by atoms with Crippen molar-refractivity contribution in [2.45, 2.75) is 77.7 Å². The van der Waals surface area contributed by atoms with Crippen molar-refractivity contribution in [3.05, 3.63) is 0 Å². The molecule has 1 saturated heterocycles. The number of hydrogen-bond acceptors (Lipinski definition) is 3. The van der Waals surface area contributed by atoms with E-state index in [1.165, 1.54) is 39.2 Å². The average molecular weight is 295 g/mol. The number of nitrogens with zero attached hydrogens (tertiary/aromatic N) is 1. The predicted octanol–water partition coefficient (Wildman–Crippen LogP) is 4.01. The third-order valence-electron chi connectivity index (χ3n) is 5.87. The first kappa shape index (κ1) is 16.8. The van der Waals surface area contributed by atoms with E-state index in [1.54, 1.807) is 0 Å². The Labute approximate surface area is 130 Å². The minimum atomic E-state index is -0.0326. The van der Waals surface area contributed by atoms with Crippen molar-refractivity contribution in [1.29, 1.82) is 0 Å². The van der Waals surface area contributed by atoms with Gasteiger partial charge in [0.25, 0.3) is 0 Å². The maximum absolute atomic E-state index is 12.0. The third kappa shape index (κ3) is 4.00. The number of methoxy groups -OCH3 is 1. The van der Waals surface area contributed by atoms with E-state index in [0.29, 0.717) is 11.8 Å². The summed E-state index contributed by atoms with van der Waals surface area (Å²) < 4.78 is 5.00. The van der Waals surface area contributed by atoms with Crippen molar-refractivity contribution in [3.63, 3.8) is 0 Å². The smallest absolute Gasteiger partial charge is 0.307 e. The summed E-state index contributed by atoms with van der Waals surface area (Å²) >= 11 is 0. The zero-order valence-electron chi connectivity index (χ0n) is 14.4. The van der Waals surface area contributed by atoms with Crippen LogP contribution in [0.3, 0.4) is 0 Å². The van der Waals surface area contributed by atoms with E-state index in [4.69, 9.17) is 4.74 Å². The predicted molar refractivity (Wildman–Crippen MR) is 86.2 cm³/mol. The van der Waals surface area contributed by atoms with E-state index in [-0.39, 0.29) is 11.5 Å². The fraction of sp³-hybridized carbons (Fsp3) is 0.944. The Balaban J connectivity index is 2.09. The molecule has 1 saturated carbocycles. The summed E-state index contributed by atoms with van der Waals surface area (Å²) in [6, 6.07) is 0. The highest BCUT2D eigenvalue weighted by Gasteiger charge is 2.44. The minimum absolute atomic E-state index is 0.0326. The molecule has 3 heteroatoms. The Bertz CT molecular complexity index is 345. The monoisotopic (exact) mass is 295 g/mol. The van der Waals surface area contributed by atoms with Crippen LogP contribution in [0.25, 0.3) is 0 Å². The third-order valence-corrected chi connectivity index (χ3v) is 5.87. The molecule has 0 atom stereocenters. The van der Waals surface area contributed by atoms with Gasteiger partial charge in [-0.1, -0.05) is 27.2 Å². The lowest BCUT2D eigenvalue weighted by Crippen LogP contribution is -2.54. The number of hydrogen-bond donors (Lipinski definition) is 0. The Morgan fingerprint density at radius 2 is 1.71 bits per heavy atom. The fourth-order valence-electron chi connectivity index (χ4n) is 4.34. The Morgan fingerprint density at radius 3 is 2.19 bits per heavy atom. The van der Waals surface area contributed by atoms with Crippen LogP contribution in [0.4, 0.5) is 0 Å². The van der Waals surface area contributed by atoms with Crippen molar-refractivity contribution in [1.82, 2.24) is 4.90 Å². The van der Waals surface area contributed by atoms with Crippen LogP contribution in [-0.4, -0.2) is 36.6 Å². The first-order valence-corrected chi connectivity index (χ1v) is 8.69. The van der Waals surface area contributed by atoms with Crippen LogP contribution < -0.4 is 0 Å². The maximum Gasteiger partial charge on any atom is 0.307 e. The molecule has 1 heterocycles. The summed E-state index contributed by atoms with van der Waals surface area (Å²) in [4.78, 5) is 14.6. The number of ether oxygens (including phenoxy) is 1. The van der Waals surface area contributed by atoms with Crippen LogP contribution >= 0.6 is 0 Å². The number of carbonyl (C=O) groups is 1. The quantitative estimate of drug-likeness (QED) is 0.737. The number of carbonyl (C=O) groups excluding carboxylic acids is 1. The lowest BCUT2D eigenvalue weighted by molar-refractivity contribution is -0.145. The lowest BCUT2D eigenvalue weighted by atomic mass is 9.65. The summed E-state index contributed by atoms with van der Waals surface area (Å²) in [6.45, 7) is 9.39. The largest absolute Gasteiger partial charge is 0.469 e. The second kappa shape index (κ2) is 6.68. The molecule has 1 aliphatic carbocycles. The van der Waals surface area contributed by atoms with E-state index >= 15 is 0 Å². The molecule has 2 rings (SSSR count). The standard InChI is InChI=1S/C18H33NO2/c1-17(2,3)15-8-10-18(11-9-15,14-16(20)21-4)19-12-6-5-7-13-19/h15H,5-14H2,1-4H3. The van der Waals surface area contributed by atoms with Gasteiger partial charge in [-0.25, -0.2) is 0 Å². The van der Waals surface area contributed by atoms with Crippen LogP contribution in [0.5, 0.6) is 0 Å². The van der Waals surface area contributed by atoms with Gasteiger partial charge in [0.1, 0.15) is 0 Å². The highest BCUT2D eigenvalue weighted by atomic mass is 16.5. The molecule has 2 aliphatic rings. The topological polar surface area (TPSA) is 29.5 Å². The lowest BCUT2D eigenvalue weighted by Gasteiger charge is -2.51. The molecular formula is C18H33NO2. The van der Waals surface area contributed by atoms with Gasteiger partial charge >= 0.3 is 5.97 Å². The van der Waals surface area contributed by atoms with Crippen molar-refractivity contribution in [2.75, 3.05) is 20.2 Å². The van der Waals surface area contributed by atoms with Gasteiger partial charge in [-0.2, -0.15) is 0 Å². The van der Waals surface area contributed by atoms with E-state index in [2.05, 4.69) is 25.7 Å². The molecule has 1 aliphatic heterocycles. The Morgan fingerprint density at radius 1 is 1.14 bits per heavy atom. The first-order valence-electron chi connectivity index (χ1n) is 8.69. The molecule has 3 nitrogen and oxygen atoms in total. The van der Waals surface area contributed by atoms with E-state index < -0.39 is 0 Å². The Hall–Kier alpha value is -0.570. The van der Waals surface area contributed by atoms with Gasteiger partial charge in [-0.15, -0.1) is 0 Å². The molecule has 0 aromatic carbocycles. The van der Waals surface area contributed by atoms with Gasteiger partial charge in [-0.3, -0.25) is 9.69 Å². The summed E-state index contributed by atoms with van der Waals surface area (Å²) in [6.07, 6.45) is 9.30. The normalized spacial score (nSPS) is 31.9. The first-order chi connectivity index (χ1) is 9.87. The average Bonchev–Trinajstić information content (AvgIpc) is 2.47. The van der Waals surface area contributed by atoms with E-state index in [0.717, 1.165) is 31.8 Å². The second-order valence-electron chi connectivity index (χ2n) is 8.17. The summed E-state index contributed by atoms with van der Waals surface area (Å²) in [5.74, 6) is 0.753. The molecule has 0 radical (unpaired) electrons. The molecule has 0 aromatic rings. The van der Waals surface area contributed by atoms with Gasteiger partial charge < -0.3 is 4.74 Å². The molecule has 0 aromatic heterocycles. The number of esters is 1. The van der Waals surface area contributed by atoms with Gasteiger partial charge in [-0.05, 0) is 62.9 Å². The number of likely N-dealkylation sites (tertiary alicyclic amines) is 1. The highest BCUT2D eigenvalue weighted by molar-refractivity contribution is 5.70. The minimum Gasteiger partial charge on any atom is -0.469 e. The van der Waals surface area contributed by atoms with Crippen molar-refractivity contribution in [2.24, 2.45) is 11.3 Å². The van der Waals surface area contributed by atoms with Gasteiger partial charge in [0.05, 0.1) is 13.5 Å². The van der Waals surface area contributed by atoms with E-state index in [1.807, 2.05) is 0 Å². The zero-order chi connectivity index (χ0) is 15.5. The Kier molecular flexibility index (Phi) is 5.34. The molecule has 0 spiro atoms. The van der Waals surface area contributed by atoms with Gasteiger partial charge in [0, 0.05) is 5.54 Å². The SMILES string of the molecule is COC(=O)CC1(N2CCCCC2)CCC(C(C)(C)C)CC1. The fourth-order valence-corrected chi connectivity index (χ4v) is 4.34. The van der Waals surface area contributed by atoms with Gasteiger partial charge in [0.2, 0.25) is 0 Å². The molecular weight excluding hydrogens is 262 g/mol. The molecule has 122 valence electrons. The van der Waals surface area contributed by atoms with Crippen molar-refractivity contribution < 1.29 is 9.53 Å². The van der Waals surface area contributed by atoms with Crippen molar-refractivity contribution in [3.8, 4) is 0 Å². The van der Waals surface area contributed by atoms with E-state index in [9.17, 15) is 4.79 Å². The van der Waals surface area contributed by atoms with Crippen LogP contribution in [-0.2, 0) is 9.53 Å². The molecule has 0 amide bonds. The molecule has 0 unspecified atom stereocenters. The van der Waals surface area contributed by atoms with Crippen LogP contribution in [0.15, 0.2) is 0 Å². The second-order valence-corrected chi connectivity index (χ2v) is 8.17. The van der Waals surface area contributed by atoms with Crippen LogP contribution in [0, 0.1) is 11.3 Å². The summed E-state index contributed by atoms with van der Waals surface area (Å²) in [7, 11) is 1.52. The number of rotatable bonds is 3. The zero-order valence-corrected chi connectivity index (χ0v) is 14.4. The molecule has 0 N–H and O–H groups in total. The van der Waals surface area contributed by atoms with Crippen LogP contribution in [0.2, 0.25) is 0 Å². The maximum atomic E-state index is 12.0. The number of piperidine rings is 1. The van der Waals surface area contributed by atoms with Crippen LogP contribution in [0.1, 0.15) is 72.1 Å². The summed E-state index contributed by atoms with van der Waals surface area (Å²) in [5, 5.41) is 0. The molecule has 21 heavy (non-hydrogen) atoms. The van der Waals surface area contributed by atoms with Crippen molar-refractivity contribution >= 4 is 5.97 Å². The highest BCUT2D eigenvalue weighted by Crippen LogP contribution is 2.45.